The second-order valence-electron chi connectivity index (χ2n) is 7.62. The monoisotopic (exact) mass is 504 g/mol. The van der Waals surface area contributed by atoms with Crippen LogP contribution in [0.2, 0.25) is 10.0 Å². The van der Waals surface area contributed by atoms with Crippen molar-refractivity contribution in [2.75, 3.05) is 0 Å². The average molecular weight is 505 g/mol. The molecule has 5 nitrogen and oxygen atoms in total. The van der Waals surface area contributed by atoms with Crippen LogP contribution in [0.5, 0.6) is 5.88 Å². The zero-order chi connectivity index (χ0) is 24.4. The van der Waals surface area contributed by atoms with E-state index >= 15 is 0 Å². The maximum absolute atomic E-state index is 14.6. The molecule has 0 atom stereocenters. The fourth-order valence-electron chi connectivity index (χ4n) is 3.36. The number of rotatable bonds is 8. The van der Waals surface area contributed by atoms with Gasteiger partial charge in [-0.1, -0.05) is 47.5 Å². The molecule has 0 aliphatic rings. The first-order valence-electron chi connectivity index (χ1n) is 9.63. The Morgan fingerprint density at radius 2 is 1.21 bits per heavy atom. The van der Waals surface area contributed by atoms with Crippen molar-refractivity contribution in [2.45, 2.75) is 37.8 Å². The van der Waals surface area contributed by atoms with Gasteiger partial charge in [-0.15, -0.1) is 0 Å². The standard InChI is InChI=1S/C22H18Cl2F4N2O3/c23-16-5-1-3-14(7-16)10-21(25,26)12-29-18(31)9-19(32)30(20(29)33)13-22(27,28)11-15-4-2-6-17(24)8-15/h1-9,31H,10-13H2. The summed E-state index contributed by atoms with van der Waals surface area (Å²) < 4.78 is 58.8. The quantitative estimate of drug-likeness (QED) is 0.449. The average Bonchev–Trinajstić information content (AvgIpc) is 2.68. The number of aromatic hydroxyl groups is 1. The molecule has 1 N–H and O–H groups in total. The van der Waals surface area contributed by atoms with Gasteiger partial charge in [-0.05, 0) is 35.4 Å². The zero-order valence-corrected chi connectivity index (χ0v) is 18.5. The van der Waals surface area contributed by atoms with Crippen LogP contribution < -0.4 is 11.2 Å². The molecule has 0 radical (unpaired) electrons. The second kappa shape index (κ2) is 9.61. The highest BCUT2D eigenvalue weighted by Gasteiger charge is 2.35. The lowest BCUT2D eigenvalue weighted by atomic mass is 10.1. The van der Waals surface area contributed by atoms with Crippen LogP contribution in [-0.2, 0) is 25.9 Å². The molecule has 3 aromatic rings. The lowest BCUT2D eigenvalue weighted by molar-refractivity contribution is -0.0247. The Labute approximate surface area is 195 Å². The third-order valence-corrected chi connectivity index (χ3v) is 5.21. The van der Waals surface area contributed by atoms with Crippen molar-refractivity contribution in [3.8, 4) is 5.88 Å². The summed E-state index contributed by atoms with van der Waals surface area (Å²) in [7, 11) is 0. The van der Waals surface area contributed by atoms with Crippen molar-refractivity contribution in [2.24, 2.45) is 0 Å². The van der Waals surface area contributed by atoms with Crippen LogP contribution in [0.1, 0.15) is 11.1 Å². The lowest BCUT2D eigenvalue weighted by Gasteiger charge is -2.21. The van der Waals surface area contributed by atoms with Crippen LogP contribution >= 0.6 is 23.2 Å². The summed E-state index contributed by atoms with van der Waals surface area (Å²) in [4.78, 5) is 24.8. The number of hydrogen-bond acceptors (Lipinski definition) is 3. The maximum Gasteiger partial charge on any atom is 0.334 e. The number of benzene rings is 2. The first-order valence-corrected chi connectivity index (χ1v) is 10.4. The number of nitrogens with zero attached hydrogens (tertiary/aromatic N) is 2. The van der Waals surface area contributed by atoms with Crippen molar-refractivity contribution < 1.29 is 22.7 Å². The van der Waals surface area contributed by atoms with E-state index in [0.29, 0.717) is 6.07 Å². The first kappa shape index (κ1) is 24.9. The number of aromatic nitrogens is 2. The molecule has 0 unspecified atom stereocenters. The van der Waals surface area contributed by atoms with Gasteiger partial charge in [-0.3, -0.25) is 13.9 Å². The number of hydrogen-bond donors (Lipinski definition) is 1. The normalized spacial score (nSPS) is 12.2. The minimum atomic E-state index is -3.58. The van der Waals surface area contributed by atoms with Gasteiger partial charge in [0.25, 0.3) is 17.4 Å². The molecular formula is C22H18Cl2F4N2O3. The van der Waals surface area contributed by atoms with E-state index in [1.165, 1.54) is 48.5 Å². The molecule has 3 rings (SSSR count). The molecule has 1 aromatic heterocycles. The van der Waals surface area contributed by atoms with Crippen LogP contribution in [0.25, 0.3) is 0 Å². The highest BCUT2D eigenvalue weighted by atomic mass is 35.5. The summed E-state index contributed by atoms with van der Waals surface area (Å²) in [6.45, 7) is -2.69. The van der Waals surface area contributed by atoms with Gasteiger partial charge in [-0.25, -0.2) is 22.4 Å². The second-order valence-corrected chi connectivity index (χ2v) is 8.49. The molecule has 0 bridgehead atoms. The van der Waals surface area contributed by atoms with Crippen molar-refractivity contribution in [1.82, 2.24) is 9.13 Å². The summed E-state index contributed by atoms with van der Waals surface area (Å²) in [5.41, 5.74) is -2.39. The molecule has 0 amide bonds. The van der Waals surface area contributed by atoms with E-state index < -0.39 is 54.9 Å². The van der Waals surface area contributed by atoms with E-state index in [1.54, 1.807) is 0 Å². The fraction of sp³-hybridized carbons (Fsp3) is 0.273. The van der Waals surface area contributed by atoms with Gasteiger partial charge in [0.1, 0.15) is 0 Å². The molecule has 11 heteroatoms. The molecule has 0 aliphatic heterocycles. The summed E-state index contributed by atoms with van der Waals surface area (Å²) in [5.74, 6) is -8.19. The molecule has 0 spiro atoms. The minimum Gasteiger partial charge on any atom is -0.494 e. The molecule has 176 valence electrons. The predicted octanol–water partition coefficient (Wildman–Crippen LogP) is 4.78. The van der Waals surface area contributed by atoms with Crippen LogP contribution in [0.3, 0.4) is 0 Å². The van der Waals surface area contributed by atoms with Gasteiger partial charge in [0.15, 0.2) is 0 Å². The molecule has 1 heterocycles. The Bertz CT molecular complexity index is 1270. The fourth-order valence-corrected chi connectivity index (χ4v) is 3.79. The van der Waals surface area contributed by atoms with Gasteiger partial charge in [0.05, 0.1) is 19.2 Å². The Balaban J connectivity index is 1.87. The van der Waals surface area contributed by atoms with Gasteiger partial charge >= 0.3 is 5.69 Å². The summed E-state index contributed by atoms with van der Waals surface area (Å²) in [5, 5.41) is 10.4. The van der Waals surface area contributed by atoms with Gasteiger partial charge in [0.2, 0.25) is 5.88 Å². The van der Waals surface area contributed by atoms with Crippen LogP contribution in [-0.4, -0.2) is 26.1 Å². The molecule has 0 saturated carbocycles. The van der Waals surface area contributed by atoms with Gasteiger partial charge in [-0.2, -0.15) is 0 Å². The number of halogens is 6. The van der Waals surface area contributed by atoms with E-state index in [4.69, 9.17) is 23.2 Å². The Kier molecular flexibility index (Phi) is 7.23. The first-order chi connectivity index (χ1) is 15.3. The SMILES string of the molecule is O=c1cc(O)n(CC(F)(F)Cc2cccc(Cl)c2)c(=O)n1CC(F)(F)Cc1cccc(Cl)c1. The van der Waals surface area contributed by atoms with E-state index in [-0.39, 0.29) is 30.3 Å². The van der Waals surface area contributed by atoms with Crippen molar-refractivity contribution >= 4 is 23.2 Å². The third-order valence-electron chi connectivity index (χ3n) is 4.74. The third kappa shape index (κ3) is 6.61. The molecule has 0 fully saturated rings. The maximum atomic E-state index is 14.6. The summed E-state index contributed by atoms with van der Waals surface area (Å²) >= 11 is 11.6. The van der Waals surface area contributed by atoms with Crippen LogP contribution in [0.15, 0.2) is 64.2 Å². The lowest BCUT2D eigenvalue weighted by Crippen LogP contribution is -2.46. The van der Waals surface area contributed by atoms with Crippen LogP contribution in [0, 0.1) is 0 Å². The van der Waals surface area contributed by atoms with E-state index in [1.807, 2.05) is 0 Å². The Morgan fingerprint density at radius 3 is 1.67 bits per heavy atom. The summed E-state index contributed by atoms with van der Waals surface area (Å²) in [6.07, 6.45) is -1.67. The van der Waals surface area contributed by atoms with Crippen molar-refractivity contribution in [3.05, 3.63) is 96.6 Å². The Morgan fingerprint density at radius 1 is 0.758 bits per heavy atom. The van der Waals surface area contributed by atoms with Gasteiger partial charge < -0.3 is 5.11 Å². The number of alkyl halides is 4. The van der Waals surface area contributed by atoms with Crippen molar-refractivity contribution in [3.63, 3.8) is 0 Å². The van der Waals surface area contributed by atoms with Crippen molar-refractivity contribution in [1.29, 1.82) is 0 Å². The van der Waals surface area contributed by atoms with E-state index in [0.717, 1.165) is 0 Å². The zero-order valence-electron chi connectivity index (χ0n) is 17.0. The van der Waals surface area contributed by atoms with Gasteiger partial charge in [0, 0.05) is 22.9 Å². The van der Waals surface area contributed by atoms with Crippen LogP contribution in [0.4, 0.5) is 17.6 Å². The topological polar surface area (TPSA) is 64.2 Å². The molecule has 0 saturated heterocycles. The largest absolute Gasteiger partial charge is 0.494 e. The van der Waals surface area contributed by atoms with E-state index in [9.17, 15) is 32.3 Å². The minimum absolute atomic E-state index is 0.125. The smallest absolute Gasteiger partial charge is 0.334 e. The predicted molar refractivity (Wildman–Crippen MR) is 117 cm³/mol. The molecular weight excluding hydrogens is 487 g/mol. The molecule has 2 aromatic carbocycles. The summed E-state index contributed by atoms with van der Waals surface area (Å²) in [6, 6.07) is 11.8. The molecule has 33 heavy (non-hydrogen) atoms. The highest BCUT2D eigenvalue weighted by molar-refractivity contribution is 6.30. The Hall–Kier alpha value is -2.78. The highest BCUT2D eigenvalue weighted by Crippen LogP contribution is 2.26. The van der Waals surface area contributed by atoms with E-state index in [2.05, 4.69) is 0 Å². The molecule has 0 aliphatic carbocycles.